The number of nitrogens with one attached hydrogen (secondary N) is 3. The maximum Gasteiger partial charge on any atom is 0.315 e. The molecule has 5 nitrogen and oxygen atoms in total. The molecule has 0 bridgehead atoms. The standard InChI is InChI=1S/C19H25N3O2S/c1-2-16(7-13-5-6-25-12-13)22-19(24)21-11-17-8-14-3-4-18(23)9-15(14)10-20-17/h3-6,9,12,16-17,20,23H,2,7-8,10-11H2,1H3,(H2,21,22,24). The van der Waals surface area contributed by atoms with E-state index in [1.165, 1.54) is 11.1 Å². The average Bonchev–Trinajstić information content (AvgIpc) is 3.12. The lowest BCUT2D eigenvalue weighted by Crippen LogP contribution is -2.49. The van der Waals surface area contributed by atoms with E-state index >= 15 is 0 Å². The van der Waals surface area contributed by atoms with E-state index in [1.54, 1.807) is 23.5 Å². The molecule has 3 rings (SSSR count). The quantitative estimate of drug-likeness (QED) is 0.641. The van der Waals surface area contributed by atoms with Crippen LogP contribution in [0.3, 0.4) is 0 Å². The first kappa shape index (κ1) is 17.8. The zero-order valence-corrected chi connectivity index (χ0v) is 15.2. The first-order valence-electron chi connectivity index (χ1n) is 8.73. The fourth-order valence-corrected chi connectivity index (χ4v) is 3.84. The first-order valence-corrected chi connectivity index (χ1v) is 9.68. The summed E-state index contributed by atoms with van der Waals surface area (Å²) in [4.78, 5) is 12.2. The summed E-state index contributed by atoms with van der Waals surface area (Å²) >= 11 is 1.68. The molecule has 1 aromatic heterocycles. The van der Waals surface area contributed by atoms with Gasteiger partial charge >= 0.3 is 6.03 Å². The molecule has 2 heterocycles. The first-order chi connectivity index (χ1) is 12.1. The smallest absolute Gasteiger partial charge is 0.315 e. The number of hydrogen-bond donors (Lipinski definition) is 4. The number of phenols is 1. The van der Waals surface area contributed by atoms with Crippen molar-refractivity contribution in [1.29, 1.82) is 0 Å². The minimum Gasteiger partial charge on any atom is -0.508 e. The number of amides is 2. The van der Waals surface area contributed by atoms with E-state index in [-0.39, 0.29) is 18.1 Å². The summed E-state index contributed by atoms with van der Waals surface area (Å²) in [5.74, 6) is 0.299. The molecule has 6 heteroatoms. The van der Waals surface area contributed by atoms with Gasteiger partial charge in [0.1, 0.15) is 5.75 Å². The van der Waals surface area contributed by atoms with Crippen molar-refractivity contribution in [3.05, 3.63) is 51.7 Å². The molecule has 1 aliphatic rings. The molecule has 2 amide bonds. The van der Waals surface area contributed by atoms with Crippen molar-refractivity contribution in [1.82, 2.24) is 16.0 Å². The number of carbonyl (C=O) groups excluding carboxylic acids is 1. The molecule has 1 aliphatic heterocycles. The number of fused-ring (bicyclic) bond motifs is 1. The molecule has 0 saturated carbocycles. The lowest BCUT2D eigenvalue weighted by atomic mass is 9.95. The number of urea groups is 1. The highest BCUT2D eigenvalue weighted by Crippen LogP contribution is 2.21. The SMILES string of the molecule is CCC(Cc1ccsc1)NC(=O)NCC1Cc2ccc(O)cc2CN1. The molecule has 0 aliphatic carbocycles. The molecule has 0 spiro atoms. The van der Waals surface area contributed by atoms with Gasteiger partial charge < -0.3 is 21.1 Å². The van der Waals surface area contributed by atoms with Crippen molar-refractivity contribution >= 4 is 17.4 Å². The highest BCUT2D eigenvalue weighted by molar-refractivity contribution is 7.07. The molecule has 1 aromatic carbocycles. The van der Waals surface area contributed by atoms with Crippen molar-refractivity contribution < 1.29 is 9.90 Å². The Labute approximate surface area is 152 Å². The lowest BCUT2D eigenvalue weighted by molar-refractivity contribution is 0.234. The molecule has 25 heavy (non-hydrogen) atoms. The Kier molecular flexibility index (Phi) is 5.94. The van der Waals surface area contributed by atoms with Crippen LogP contribution in [0.25, 0.3) is 0 Å². The van der Waals surface area contributed by atoms with Crippen LogP contribution in [0.5, 0.6) is 5.75 Å². The van der Waals surface area contributed by atoms with Gasteiger partial charge in [-0.2, -0.15) is 11.3 Å². The summed E-state index contributed by atoms with van der Waals surface area (Å²) in [6.07, 6.45) is 2.62. The second-order valence-corrected chi connectivity index (χ2v) is 7.31. The van der Waals surface area contributed by atoms with Gasteiger partial charge in [0.25, 0.3) is 0 Å². The third kappa shape index (κ3) is 4.96. The molecule has 0 saturated heterocycles. The van der Waals surface area contributed by atoms with Gasteiger partial charge in [-0.25, -0.2) is 4.79 Å². The van der Waals surface area contributed by atoms with Crippen molar-refractivity contribution in [3.63, 3.8) is 0 Å². The Morgan fingerprint density at radius 2 is 2.28 bits per heavy atom. The number of hydrogen-bond acceptors (Lipinski definition) is 4. The highest BCUT2D eigenvalue weighted by Gasteiger charge is 2.19. The zero-order chi connectivity index (χ0) is 17.6. The molecule has 0 fully saturated rings. The second kappa shape index (κ2) is 8.36. The number of thiophene rings is 1. The van der Waals surface area contributed by atoms with E-state index in [4.69, 9.17) is 0 Å². The van der Waals surface area contributed by atoms with Crippen LogP contribution >= 0.6 is 11.3 Å². The third-order valence-corrected chi connectivity index (χ3v) is 5.37. The Bertz CT molecular complexity index is 703. The summed E-state index contributed by atoms with van der Waals surface area (Å²) in [6.45, 7) is 3.39. The van der Waals surface area contributed by atoms with E-state index in [0.717, 1.165) is 24.8 Å². The number of benzene rings is 1. The van der Waals surface area contributed by atoms with Crippen molar-refractivity contribution in [2.75, 3.05) is 6.54 Å². The molecular formula is C19H25N3O2S. The zero-order valence-electron chi connectivity index (χ0n) is 14.4. The van der Waals surface area contributed by atoms with Crippen molar-refractivity contribution in [2.24, 2.45) is 0 Å². The van der Waals surface area contributed by atoms with Gasteiger partial charge in [0.15, 0.2) is 0 Å². The van der Waals surface area contributed by atoms with E-state index < -0.39 is 0 Å². The normalized spacial score (nSPS) is 17.6. The minimum absolute atomic E-state index is 0.111. The van der Waals surface area contributed by atoms with Crippen LogP contribution in [0.1, 0.15) is 30.0 Å². The van der Waals surface area contributed by atoms with Gasteiger partial charge in [-0.05, 0) is 64.9 Å². The van der Waals surface area contributed by atoms with Gasteiger partial charge in [-0.3, -0.25) is 0 Å². The predicted molar refractivity (Wildman–Crippen MR) is 101 cm³/mol. The largest absolute Gasteiger partial charge is 0.508 e. The number of aromatic hydroxyl groups is 1. The lowest BCUT2D eigenvalue weighted by Gasteiger charge is -2.27. The molecule has 2 aromatic rings. The van der Waals surface area contributed by atoms with E-state index in [2.05, 4.69) is 39.7 Å². The molecule has 4 N–H and O–H groups in total. The van der Waals surface area contributed by atoms with E-state index in [9.17, 15) is 9.90 Å². The van der Waals surface area contributed by atoms with E-state index in [0.29, 0.717) is 18.8 Å². The fourth-order valence-electron chi connectivity index (χ4n) is 3.16. The number of phenolic OH excluding ortho intramolecular Hbond substituents is 1. The molecule has 2 atom stereocenters. The van der Waals surface area contributed by atoms with Gasteiger partial charge in [0.05, 0.1) is 0 Å². The summed E-state index contributed by atoms with van der Waals surface area (Å²) in [6, 6.07) is 7.84. The number of carbonyl (C=O) groups is 1. The van der Waals surface area contributed by atoms with Crippen LogP contribution in [0.2, 0.25) is 0 Å². The highest BCUT2D eigenvalue weighted by atomic mass is 32.1. The Balaban J connectivity index is 1.45. The minimum atomic E-state index is -0.111. The Morgan fingerprint density at radius 3 is 3.04 bits per heavy atom. The summed E-state index contributed by atoms with van der Waals surface area (Å²) in [5, 5.41) is 23.2. The van der Waals surface area contributed by atoms with Crippen LogP contribution in [-0.2, 0) is 19.4 Å². The van der Waals surface area contributed by atoms with Gasteiger partial charge in [-0.1, -0.05) is 13.0 Å². The molecule has 134 valence electrons. The Hall–Kier alpha value is -2.05. The van der Waals surface area contributed by atoms with Crippen LogP contribution in [0.15, 0.2) is 35.0 Å². The second-order valence-electron chi connectivity index (χ2n) is 6.53. The predicted octanol–water partition coefficient (Wildman–Crippen LogP) is 2.79. The van der Waals surface area contributed by atoms with Gasteiger partial charge in [0.2, 0.25) is 0 Å². The maximum absolute atomic E-state index is 12.2. The van der Waals surface area contributed by atoms with Gasteiger partial charge in [0, 0.05) is 25.2 Å². The molecule has 0 radical (unpaired) electrons. The fraction of sp³-hybridized carbons (Fsp3) is 0.421. The van der Waals surface area contributed by atoms with Crippen molar-refractivity contribution in [3.8, 4) is 5.75 Å². The summed E-state index contributed by atoms with van der Waals surface area (Å²) in [5.41, 5.74) is 3.63. The van der Waals surface area contributed by atoms with Gasteiger partial charge in [-0.15, -0.1) is 0 Å². The van der Waals surface area contributed by atoms with Crippen LogP contribution in [0, 0.1) is 0 Å². The van der Waals surface area contributed by atoms with E-state index in [1.807, 2.05) is 6.07 Å². The summed E-state index contributed by atoms with van der Waals surface area (Å²) < 4.78 is 0. The molecular weight excluding hydrogens is 334 g/mol. The van der Waals surface area contributed by atoms with Crippen LogP contribution in [0.4, 0.5) is 4.79 Å². The molecule has 2 unspecified atom stereocenters. The number of rotatable bonds is 6. The van der Waals surface area contributed by atoms with Crippen molar-refractivity contribution in [2.45, 2.75) is 44.8 Å². The Morgan fingerprint density at radius 1 is 1.40 bits per heavy atom. The topological polar surface area (TPSA) is 73.4 Å². The van der Waals surface area contributed by atoms with Crippen LogP contribution < -0.4 is 16.0 Å². The maximum atomic E-state index is 12.2. The third-order valence-electron chi connectivity index (χ3n) is 4.64. The monoisotopic (exact) mass is 359 g/mol. The average molecular weight is 359 g/mol. The van der Waals surface area contributed by atoms with Crippen LogP contribution in [-0.4, -0.2) is 29.8 Å². The summed E-state index contributed by atoms with van der Waals surface area (Å²) in [7, 11) is 0.